The van der Waals surface area contributed by atoms with E-state index >= 15 is 0 Å². The number of hydrogen-bond acceptors (Lipinski definition) is 2. The van der Waals surface area contributed by atoms with Gasteiger partial charge in [0.05, 0.1) is 0 Å². The zero-order valence-corrected chi connectivity index (χ0v) is 12.3. The Hall–Kier alpha value is 0.270. The summed E-state index contributed by atoms with van der Waals surface area (Å²) in [7, 11) is 2.82. The molecule has 0 aromatic carbocycles. The van der Waals surface area contributed by atoms with Gasteiger partial charge in [-0.1, -0.05) is 65.0 Å². The van der Waals surface area contributed by atoms with Crippen LogP contribution in [0.15, 0.2) is 0 Å². The van der Waals surface area contributed by atoms with Crippen LogP contribution in [0.2, 0.25) is 0 Å². The molecule has 0 rings (SSSR count). The number of thiocyanates is 1. The van der Waals surface area contributed by atoms with E-state index in [4.69, 9.17) is 5.26 Å². The van der Waals surface area contributed by atoms with Gasteiger partial charge in [-0.2, -0.15) is 5.26 Å². The lowest BCUT2D eigenvalue weighted by Crippen LogP contribution is -1.94. The van der Waals surface area contributed by atoms with Gasteiger partial charge < -0.3 is 0 Å². The standard InChI is InChI=1S/C11H25P.CHNS/c1-3-4-5-6-7-8-11(2)9-10-12;2-1-3/h11H,3-10,12H2,1-2H3;3H. The van der Waals surface area contributed by atoms with E-state index in [-0.39, 0.29) is 0 Å². The van der Waals surface area contributed by atoms with E-state index in [1.54, 1.807) is 0 Å². The monoisotopic (exact) mass is 247 g/mol. The molecule has 0 bridgehead atoms. The van der Waals surface area contributed by atoms with Crippen molar-refractivity contribution in [2.75, 3.05) is 6.16 Å². The molecule has 90 valence electrons. The van der Waals surface area contributed by atoms with Crippen molar-refractivity contribution in [1.82, 2.24) is 0 Å². The smallest absolute Gasteiger partial charge is 0.130 e. The minimum absolute atomic E-state index is 0.948. The molecular formula is C12H26NPS. The summed E-state index contributed by atoms with van der Waals surface area (Å²) >= 11 is 3.09. The highest BCUT2D eigenvalue weighted by Gasteiger charge is 1.99. The first-order chi connectivity index (χ1) is 7.22. The fraction of sp³-hybridized carbons (Fsp3) is 0.917. The third kappa shape index (κ3) is 20.4. The van der Waals surface area contributed by atoms with Gasteiger partial charge in [0, 0.05) is 0 Å². The Bertz CT molecular complexity index is 145. The first-order valence-electron chi connectivity index (χ1n) is 5.96. The van der Waals surface area contributed by atoms with Gasteiger partial charge in [-0.15, -0.1) is 9.24 Å². The Morgan fingerprint density at radius 1 is 1.20 bits per heavy atom. The van der Waals surface area contributed by atoms with E-state index in [0.717, 1.165) is 5.92 Å². The molecule has 3 heteroatoms. The van der Waals surface area contributed by atoms with E-state index in [0.29, 0.717) is 0 Å². The molecule has 0 amide bonds. The molecule has 0 N–H and O–H groups in total. The SMILES string of the molecule is CCCCCCCC(C)CCP.N#CS. The first kappa shape index (κ1) is 17.7. The van der Waals surface area contributed by atoms with E-state index in [1.165, 1.54) is 56.5 Å². The van der Waals surface area contributed by atoms with Crippen LogP contribution < -0.4 is 0 Å². The summed E-state index contributed by atoms with van der Waals surface area (Å²) in [6, 6.07) is 0. The van der Waals surface area contributed by atoms with Crippen LogP contribution in [0.1, 0.15) is 58.8 Å². The second kappa shape index (κ2) is 16.7. The molecule has 0 aromatic heterocycles. The van der Waals surface area contributed by atoms with E-state index < -0.39 is 0 Å². The molecule has 0 radical (unpaired) electrons. The van der Waals surface area contributed by atoms with E-state index in [1.807, 2.05) is 0 Å². The first-order valence-corrected chi connectivity index (χ1v) is 7.22. The fourth-order valence-corrected chi connectivity index (χ4v) is 2.09. The highest BCUT2D eigenvalue weighted by molar-refractivity contribution is 7.85. The van der Waals surface area contributed by atoms with Crippen molar-refractivity contribution in [2.24, 2.45) is 5.92 Å². The number of thiol groups is 1. The lowest BCUT2D eigenvalue weighted by molar-refractivity contribution is 0.476. The van der Waals surface area contributed by atoms with Gasteiger partial charge in [-0.3, -0.25) is 0 Å². The largest absolute Gasteiger partial charge is 0.185 e. The van der Waals surface area contributed by atoms with Crippen molar-refractivity contribution in [3.05, 3.63) is 0 Å². The lowest BCUT2D eigenvalue weighted by Gasteiger charge is -2.08. The van der Waals surface area contributed by atoms with Gasteiger partial charge in [0.2, 0.25) is 0 Å². The predicted octanol–water partition coefficient (Wildman–Crippen LogP) is 4.65. The number of rotatable bonds is 8. The molecule has 0 aromatic rings. The molecule has 0 saturated carbocycles. The summed E-state index contributed by atoms with van der Waals surface area (Å²) in [4.78, 5) is 0. The highest BCUT2D eigenvalue weighted by atomic mass is 32.1. The van der Waals surface area contributed by atoms with Crippen LogP contribution in [0.25, 0.3) is 0 Å². The topological polar surface area (TPSA) is 23.8 Å². The zero-order chi connectivity index (χ0) is 11.9. The third-order valence-electron chi connectivity index (χ3n) is 2.46. The van der Waals surface area contributed by atoms with Crippen molar-refractivity contribution >= 4 is 21.9 Å². The molecule has 2 atom stereocenters. The fourth-order valence-electron chi connectivity index (χ4n) is 1.53. The molecule has 2 unspecified atom stereocenters. The molecule has 1 nitrogen and oxygen atoms in total. The number of nitrogens with zero attached hydrogens (tertiary/aromatic N) is 1. The van der Waals surface area contributed by atoms with Crippen molar-refractivity contribution in [3.8, 4) is 5.40 Å². The molecule has 0 aliphatic carbocycles. The molecule has 0 saturated heterocycles. The van der Waals surface area contributed by atoms with Crippen molar-refractivity contribution in [1.29, 1.82) is 5.26 Å². The van der Waals surface area contributed by atoms with Crippen LogP contribution in [0.3, 0.4) is 0 Å². The van der Waals surface area contributed by atoms with Crippen molar-refractivity contribution < 1.29 is 0 Å². The highest BCUT2D eigenvalue weighted by Crippen LogP contribution is 2.14. The number of hydrogen-bond donors (Lipinski definition) is 1. The summed E-state index contributed by atoms with van der Waals surface area (Å²) in [6.07, 6.45) is 11.2. The maximum atomic E-state index is 7.18. The van der Waals surface area contributed by atoms with Gasteiger partial charge in [-0.25, -0.2) is 0 Å². The summed E-state index contributed by atoms with van der Waals surface area (Å²) in [6.45, 7) is 4.65. The number of unbranched alkanes of at least 4 members (excludes halogenated alkanes) is 4. The average Bonchev–Trinajstić information content (AvgIpc) is 2.19. The van der Waals surface area contributed by atoms with Crippen LogP contribution in [0, 0.1) is 16.6 Å². The molecule has 0 fully saturated rings. The Morgan fingerprint density at radius 2 is 1.73 bits per heavy atom. The van der Waals surface area contributed by atoms with Gasteiger partial charge in [0.1, 0.15) is 5.40 Å². The summed E-state index contributed by atoms with van der Waals surface area (Å²) in [5.41, 5.74) is 0. The molecule has 15 heavy (non-hydrogen) atoms. The van der Waals surface area contributed by atoms with Crippen LogP contribution in [-0.2, 0) is 0 Å². The number of nitriles is 1. The van der Waals surface area contributed by atoms with Crippen molar-refractivity contribution in [2.45, 2.75) is 58.8 Å². The Labute approximate surface area is 104 Å². The second-order valence-electron chi connectivity index (χ2n) is 3.99. The second-order valence-corrected chi connectivity index (χ2v) is 4.76. The molecule has 0 aliphatic heterocycles. The Morgan fingerprint density at radius 3 is 2.20 bits per heavy atom. The van der Waals surface area contributed by atoms with Gasteiger partial charge in [-0.05, 0) is 18.5 Å². The Kier molecular flexibility index (Phi) is 19.6. The summed E-state index contributed by atoms with van der Waals surface area (Å²) < 4.78 is 0. The lowest BCUT2D eigenvalue weighted by atomic mass is 10.00. The van der Waals surface area contributed by atoms with Gasteiger partial charge >= 0.3 is 0 Å². The predicted molar refractivity (Wildman–Crippen MR) is 76.3 cm³/mol. The third-order valence-corrected chi connectivity index (χ3v) is 2.79. The minimum atomic E-state index is 0.948. The van der Waals surface area contributed by atoms with E-state index in [9.17, 15) is 0 Å². The van der Waals surface area contributed by atoms with Crippen LogP contribution in [0.5, 0.6) is 0 Å². The maximum absolute atomic E-state index is 7.18. The average molecular weight is 247 g/mol. The van der Waals surface area contributed by atoms with Crippen molar-refractivity contribution in [3.63, 3.8) is 0 Å². The molecular weight excluding hydrogens is 221 g/mol. The molecule has 0 spiro atoms. The quantitative estimate of drug-likeness (QED) is 0.287. The van der Waals surface area contributed by atoms with Crippen LogP contribution >= 0.6 is 21.9 Å². The molecule has 0 heterocycles. The zero-order valence-electron chi connectivity index (χ0n) is 10.2. The summed E-state index contributed by atoms with van der Waals surface area (Å²) in [5.74, 6) is 0.948. The Balaban J connectivity index is 0. The van der Waals surface area contributed by atoms with Gasteiger partial charge in [0.25, 0.3) is 0 Å². The van der Waals surface area contributed by atoms with Gasteiger partial charge in [0.15, 0.2) is 0 Å². The van der Waals surface area contributed by atoms with Crippen LogP contribution in [-0.4, -0.2) is 6.16 Å². The molecule has 0 aliphatic rings. The summed E-state index contributed by atoms with van der Waals surface area (Å²) in [5, 5.41) is 8.63. The maximum Gasteiger partial charge on any atom is 0.130 e. The van der Waals surface area contributed by atoms with E-state index in [2.05, 4.69) is 35.7 Å². The normalized spacial score (nSPS) is 11.1. The van der Waals surface area contributed by atoms with Crippen LogP contribution in [0.4, 0.5) is 0 Å². The minimum Gasteiger partial charge on any atom is -0.185 e.